The average Bonchev–Trinajstić information content (AvgIpc) is 3.31. The number of benzene rings is 2. The fourth-order valence-electron chi connectivity index (χ4n) is 3.58. The van der Waals surface area contributed by atoms with Gasteiger partial charge in [0.25, 0.3) is 0 Å². The number of aromatic nitrogens is 4. The third-order valence-electron chi connectivity index (χ3n) is 5.11. The van der Waals surface area contributed by atoms with Crippen molar-refractivity contribution < 1.29 is 14.6 Å². The summed E-state index contributed by atoms with van der Waals surface area (Å²) in [4.78, 5) is 11.9. The van der Waals surface area contributed by atoms with Gasteiger partial charge < -0.3 is 15.2 Å². The van der Waals surface area contributed by atoms with Crippen molar-refractivity contribution in [2.75, 3.05) is 12.4 Å². The van der Waals surface area contributed by atoms with Crippen molar-refractivity contribution in [2.45, 2.75) is 13.8 Å². The van der Waals surface area contributed by atoms with E-state index in [4.69, 9.17) is 9.84 Å². The zero-order valence-electron chi connectivity index (χ0n) is 17.7. The normalized spacial score (nSPS) is 10.8. The molecule has 8 nitrogen and oxygen atoms in total. The van der Waals surface area contributed by atoms with Gasteiger partial charge in [0.05, 0.1) is 41.5 Å². The largest absolute Gasteiger partial charge is 0.497 e. The molecule has 0 saturated heterocycles. The van der Waals surface area contributed by atoms with E-state index in [0.717, 1.165) is 28.1 Å². The van der Waals surface area contributed by atoms with Gasteiger partial charge in [0.1, 0.15) is 11.6 Å². The number of hydrogen-bond donors (Lipinski definition) is 2. The lowest BCUT2D eigenvalue weighted by Crippen LogP contribution is -2.08. The number of nitrogens with one attached hydrogen (secondary N) is 1. The van der Waals surface area contributed by atoms with Crippen LogP contribution >= 0.6 is 0 Å². The molecule has 4 aromatic rings. The number of para-hydroxylation sites is 1. The number of carbonyl (C=O) groups is 1. The van der Waals surface area contributed by atoms with Crippen molar-refractivity contribution in [1.82, 2.24) is 19.6 Å². The maximum absolute atomic E-state index is 11.9. The van der Waals surface area contributed by atoms with Gasteiger partial charge in [-0.15, -0.1) is 0 Å². The number of methoxy groups -OCH3 is 1. The molecule has 8 heteroatoms. The highest BCUT2D eigenvalue weighted by Gasteiger charge is 2.22. The standard InChI is InChI=1S/C23H23N5O3/c1-14-7-5-6-8-20(14)28-22(21(15(2)26-28)16-12-24-27(3)13-16)25-19-10-9-17(31-4)11-18(19)23(29)30/h5-13,25H,1-4H3,(H,29,30). The zero-order chi connectivity index (χ0) is 22.1. The van der Waals surface area contributed by atoms with Gasteiger partial charge in [-0.3, -0.25) is 4.68 Å². The molecule has 0 bridgehead atoms. The maximum atomic E-state index is 11.9. The van der Waals surface area contributed by atoms with Gasteiger partial charge in [0.2, 0.25) is 0 Å². The number of aromatic carboxylic acids is 1. The third-order valence-corrected chi connectivity index (χ3v) is 5.11. The fourth-order valence-corrected chi connectivity index (χ4v) is 3.58. The van der Waals surface area contributed by atoms with E-state index in [0.29, 0.717) is 17.3 Å². The molecule has 2 aromatic carbocycles. The number of rotatable bonds is 6. The summed E-state index contributed by atoms with van der Waals surface area (Å²) in [6, 6.07) is 12.8. The molecule has 0 radical (unpaired) electrons. The lowest BCUT2D eigenvalue weighted by molar-refractivity contribution is 0.0697. The molecular weight excluding hydrogens is 394 g/mol. The molecule has 0 aliphatic rings. The molecule has 2 N–H and O–H groups in total. The summed E-state index contributed by atoms with van der Waals surface area (Å²) in [6.07, 6.45) is 3.67. The minimum Gasteiger partial charge on any atom is -0.497 e. The van der Waals surface area contributed by atoms with Crippen LogP contribution in [-0.2, 0) is 7.05 Å². The quantitative estimate of drug-likeness (QED) is 0.485. The molecule has 0 aliphatic carbocycles. The van der Waals surface area contributed by atoms with E-state index in [1.54, 1.807) is 23.0 Å². The van der Waals surface area contributed by atoms with Crippen molar-refractivity contribution in [3.8, 4) is 22.6 Å². The number of ether oxygens (including phenoxy) is 1. The SMILES string of the molecule is COc1ccc(Nc2c(-c3cnn(C)c3)c(C)nn2-c2ccccc2C)c(C(=O)O)c1. The van der Waals surface area contributed by atoms with Crippen molar-refractivity contribution in [3.05, 3.63) is 71.7 Å². The average molecular weight is 417 g/mol. The first-order chi connectivity index (χ1) is 14.9. The summed E-state index contributed by atoms with van der Waals surface area (Å²) >= 11 is 0. The zero-order valence-corrected chi connectivity index (χ0v) is 17.7. The highest BCUT2D eigenvalue weighted by atomic mass is 16.5. The Morgan fingerprint density at radius 2 is 1.94 bits per heavy atom. The first-order valence-corrected chi connectivity index (χ1v) is 9.72. The van der Waals surface area contributed by atoms with E-state index < -0.39 is 5.97 Å². The van der Waals surface area contributed by atoms with Crippen LogP contribution < -0.4 is 10.1 Å². The second-order valence-corrected chi connectivity index (χ2v) is 7.25. The van der Waals surface area contributed by atoms with Gasteiger partial charge in [-0.05, 0) is 43.7 Å². The second-order valence-electron chi connectivity index (χ2n) is 7.25. The van der Waals surface area contributed by atoms with Crippen LogP contribution in [0.4, 0.5) is 11.5 Å². The van der Waals surface area contributed by atoms with Crippen LogP contribution in [0.1, 0.15) is 21.6 Å². The van der Waals surface area contributed by atoms with E-state index in [-0.39, 0.29) is 5.56 Å². The van der Waals surface area contributed by atoms with Crippen LogP contribution in [0.3, 0.4) is 0 Å². The minimum absolute atomic E-state index is 0.103. The first kappa shape index (κ1) is 20.2. The predicted molar refractivity (Wildman–Crippen MR) is 118 cm³/mol. The number of hydrogen-bond acceptors (Lipinski definition) is 5. The van der Waals surface area contributed by atoms with E-state index in [9.17, 15) is 9.90 Å². The topological polar surface area (TPSA) is 94.2 Å². The Morgan fingerprint density at radius 1 is 1.16 bits per heavy atom. The number of anilines is 2. The molecule has 0 saturated carbocycles. The van der Waals surface area contributed by atoms with Crippen LogP contribution in [0.25, 0.3) is 16.8 Å². The lowest BCUT2D eigenvalue weighted by atomic mass is 10.1. The van der Waals surface area contributed by atoms with Crippen LogP contribution in [-0.4, -0.2) is 37.7 Å². The van der Waals surface area contributed by atoms with Gasteiger partial charge in [0, 0.05) is 18.8 Å². The molecule has 31 heavy (non-hydrogen) atoms. The van der Waals surface area contributed by atoms with Crippen molar-refractivity contribution in [2.24, 2.45) is 7.05 Å². The molecule has 2 heterocycles. The van der Waals surface area contributed by atoms with Crippen LogP contribution in [0.15, 0.2) is 54.9 Å². The van der Waals surface area contributed by atoms with Gasteiger partial charge in [-0.25, -0.2) is 9.48 Å². The molecule has 4 rings (SSSR count). The summed E-state index contributed by atoms with van der Waals surface area (Å²) in [5.41, 5.74) is 5.01. The van der Waals surface area contributed by atoms with Gasteiger partial charge in [-0.1, -0.05) is 18.2 Å². The Bertz CT molecular complexity index is 1270. The number of carboxylic acid groups (broad SMARTS) is 1. The van der Waals surface area contributed by atoms with Crippen molar-refractivity contribution in [1.29, 1.82) is 0 Å². The van der Waals surface area contributed by atoms with Crippen LogP contribution in [0.5, 0.6) is 5.75 Å². The fraction of sp³-hybridized carbons (Fsp3) is 0.174. The van der Waals surface area contributed by atoms with Crippen LogP contribution in [0.2, 0.25) is 0 Å². The molecule has 0 spiro atoms. The monoisotopic (exact) mass is 417 g/mol. The van der Waals surface area contributed by atoms with Crippen LogP contribution in [0, 0.1) is 13.8 Å². The van der Waals surface area contributed by atoms with Crippen molar-refractivity contribution >= 4 is 17.5 Å². The molecule has 158 valence electrons. The molecule has 0 atom stereocenters. The Hall–Kier alpha value is -4.07. The molecule has 0 aliphatic heterocycles. The molecule has 0 fully saturated rings. The molecule has 0 amide bonds. The summed E-state index contributed by atoms with van der Waals surface area (Å²) in [6.45, 7) is 3.93. The predicted octanol–water partition coefficient (Wildman–Crippen LogP) is 4.34. The van der Waals surface area contributed by atoms with Gasteiger partial charge >= 0.3 is 5.97 Å². The molecular formula is C23H23N5O3. The maximum Gasteiger partial charge on any atom is 0.337 e. The second kappa shape index (κ2) is 7.98. The van der Waals surface area contributed by atoms with Gasteiger partial charge in [-0.2, -0.15) is 10.2 Å². The Kier molecular flexibility index (Phi) is 5.21. The number of aryl methyl sites for hydroxylation is 3. The molecule has 2 aromatic heterocycles. The minimum atomic E-state index is -1.05. The lowest BCUT2D eigenvalue weighted by Gasteiger charge is -2.15. The van der Waals surface area contributed by atoms with E-state index >= 15 is 0 Å². The van der Waals surface area contributed by atoms with E-state index in [1.165, 1.54) is 13.2 Å². The smallest absolute Gasteiger partial charge is 0.337 e. The summed E-state index contributed by atoms with van der Waals surface area (Å²) < 4.78 is 8.73. The Labute approximate surface area is 179 Å². The summed E-state index contributed by atoms with van der Waals surface area (Å²) in [5, 5.41) is 22.1. The van der Waals surface area contributed by atoms with E-state index in [2.05, 4.69) is 10.4 Å². The first-order valence-electron chi connectivity index (χ1n) is 9.72. The Morgan fingerprint density at radius 3 is 2.58 bits per heavy atom. The molecule has 0 unspecified atom stereocenters. The summed E-state index contributed by atoms with van der Waals surface area (Å²) in [7, 11) is 3.36. The highest BCUT2D eigenvalue weighted by molar-refractivity contribution is 5.96. The number of carboxylic acids is 1. The van der Waals surface area contributed by atoms with E-state index in [1.807, 2.05) is 56.0 Å². The van der Waals surface area contributed by atoms with Gasteiger partial charge in [0.15, 0.2) is 0 Å². The summed E-state index contributed by atoms with van der Waals surface area (Å²) in [5.74, 6) is 0.0782. The third kappa shape index (κ3) is 3.75. The van der Waals surface area contributed by atoms with Crippen molar-refractivity contribution in [3.63, 3.8) is 0 Å². The highest BCUT2D eigenvalue weighted by Crippen LogP contribution is 2.37. The Balaban J connectivity index is 1.94. The number of nitrogens with zero attached hydrogens (tertiary/aromatic N) is 4.